The van der Waals surface area contributed by atoms with Crippen molar-refractivity contribution in [2.45, 2.75) is 51.7 Å². The highest BCUT2D eigenvalue weighted by molar-refractivity contribution is 5.74. The second kappa shape index (κ2) is 8.61. The number of hydrogen-bond acceptors (Lipinski definition) is 3. The molecule has 1 heterocycles. The van der Waals surface area contributed by atoms with Crippen LogP contribution in [0.15, 0.2) is 24.3 Å². The molecule has 2 amide bonds. The van der Waals surface area contributed by atoms with Gasteiger partial charge in [-0.1, -0.05) is 31.2 Å². The quantitative estimate of drug-likeness (QED) is 0.740. The highest BCUT2D eigenvalue weighted by Crippen LogP contribution is 2.44. The number of nitrogens with one attached hydrogen (secondary N) is 2. The molecule has 0 radical (unpaired) electrons. The van der Waals surface area contributed by atoms with Crippen molar-refractivity contribution in [1.29, 1.82) is 0 Å². The fourth-order valence-corrected chi connectivity index (χ4v) is 4.30. The zero-order chi connectivity index (χ0) is 18.6. The smallest absolute Gasteiger partial charge is 0.315 e. The molecule has 0 aromatic heterocycles. The van der Waals surface area contributed by atoms with Crippen molar-refractivity contribution >= 4 is 6.03 Å². The first-order chi connectivity index (χ1) is 13.2. The third kappa shape index (κ3) is 5.23. The number of hydrogen-bond donors (Lipinski definition) is 2. The highest BCUT2D eigenvalue weighted by Gasteiger charge is 2.42. The van der Waals surface area contributed by atoms with E-state index in [0.29, 0.717) is 12.6 Å². The Labute approximate surface area is 163 Å². The normalized spacial score (nSPS) is 21.4. The van der Waals surface area contributed by atoms with Gasteiger partial charge in [-0.3, -0.25) is 4.90 Å². The molecule has 2 N–H and O–H groups in total. The Morgan fingerprint density at radius 2 is 1.59 bits per heavy atom. The number of urea groups is 1. The largest absolute Gasteiger partial charge is 0.335 e. The maximum atomic E-state index is 12.4. The molecule has 1 aromatic carbocycles. The van der Waals surface area contributed by atoms with Gasteiger partial charge < -0.3 is 15.5 Å². The Bertz CT molecular complexity index is 621. The third-order valence-corrected chi connectivity index (χ3v) is 6.42. The first-order valence-corrected chi connectivity index (χ1v) is 10.8. The minimum Gasteiger partial charge on any atom is -0.335 e. The predicted octanol–water partition coefficient (Wildman–Crippen LogP) is 2.81. The van der Waals surface area contributed by atoms with Crippen LogP contribution in [0.5, 0.6) is 0 Å². The summed E-state index contributed by atoms with van der Waals surface area (Å²) in [6.45, 7) is 9.53. The number of nitrogens with zero attached hydrogens (tertiary/aromatic N) is 2. The van der Waals surface area contributed by atoms with E-state index < -0.39 is 0 Å². The summed E-state index contributed by atoms with van der Waals surface area (Å²) in [4.78, 5) is 17.5. The summed E-state index contributed by atoms with van der Waals surface area (Å²) >= 11 is 0. The predicted molar refractivity (Wildman–Crippen MR) is 108 cm³/mol. The molecule has 4 rings (SSSR count). The van der Waals surface area contributed by atoms with Crippen molar-refractivity contribution in [3.05, 3.63) is 35.4 Å². The molecular weight excluding hydrogens is 336 g/mol. The van der Waals surface area contributed by atoms with Gasteiger partial charge in [0.2, 0.25) is 0 Å². The standard InChI is InChI=1S/C22H34N4O/c1-2-25-11-13-26(14-12-25)16-20-6-4-3-5-19(20)15-23-22(27)24-21(17-7-8-17)18-9-10-18/h3-6,17-18,21H,2,7-16H2,1H3,(H2,23,24,27). The van der Waals surface area contributed by atoms with E-state index in [1.54, 1.807) is 0 Å². The van der Waals surface area contributed by atoms with Crippen LogP contribution in [-0.4, -0.2) is 54.6 Å². The van der Waals surface area contributed by atoms with Crippen LogP contribution in [0.3, 0.4) is 0 Å². The molecule has 0 spiro atoms. The Morgan fingerprint density at radius 3 is 2.19 bits per heavy atom. The molecule has 5 nitrogen and oxygen atoms in total. The number of rotatable bonds is 8. The molecule has 3 fully saturated rings. The van der Waals surface area contributed by atoms with Gasteiger partial charge in [0, 0.05) is 45.3 Å². The lowest BCUT2D eigenvalue weighted by Crippen LogP contribution is -2.46. The minimum absolute atomic E-state index is 0.00478. The molecule has 148 valence electrons. The van der Waals surface area contributed by atoms with Crippen LogP contribution in [0.25, 0.3) is 0 Å². The van der Waals surface area contributed by atoms with Crippen LogP contribution < -0.4 is 10.6 Å². The molecule has 1 saturated heterocycles. The lowest BCUT2D eigenvalue weighted by molar-refractivity contribution is 0.131. The first kappa shape index (κ1) is 18.8. The van der Waals surface area contributed by atoms with Crippen molar-refractivity contribution in [2.24, 2.45) is 11.8 Å². The topological polar surface area (TPSA) is 47.6 Å². The maximum Gasteiger partial charge on any atom is 0.315 e. The lowest BCUT2D eigenvalue weighted by Gasteiger charge is -2.34. The van der Waals surface area contributed by atoms with Crippen molar-refractivity contribution in [2.75, 3.05) is 32.7 Å². The fourth-order valence-electron chi connectivity index (χ4n) is 4.30. The second-order valence-electron chi connectivity index (χ2n) is 8.51. The summed E-state index contributed by atoms with van der Waals surface area (Å²) in [5.41, 5.74) is 2.57. The van der Waals surface area contributed by atoms with Gasteiger partial charge in [-0.05, 0) is 55.2 Å². The van der Waals surface area contributed by atoms with E-state index in [-0.39, 0.29) is 6.03 Å². The molecule has 3 aliphatic rings. The Balaban J connectivity index is 1.28. The summed E-state index contributed by atoms with van der Waals surface area (Å²) in [5.74, 6) is 1.47. The van der Waals surface area contributed by atoms with E-state index in [9.17, 15) is 4.79 Å². The van der Waals surface area contributed by atoms with Gasteiger partial charge in [0.25, 0.3) is 0 Å². The summed E-state index contributed by atoms with van der Waals surface area (Å²) in [6, 6.07) is 8.96. The van der Waals surface area contributed by atoms with Crippen molar-refractivity contribution in [3.63, 3.8) is 0 Å². The van der Waals surface area contributed by atoms with E-state index in [1.807, 2.05) is 0 Å². The SMILES string of the molecule is CCN1CCN(Cc2ccccc2CNC(=O)NC(C2CC2)C2CC2)CC1. The molecule has 5 heteroatoms. The average molecular weight is 371 g/mol. The Morgan fingerprint density at radius 1 is 1.00 bits per heavy atom. The number of amides is 2. The van der Waals surface area contributed by atoms with Gasteiger partial charge in [-0.25, -0.2) is 4.79 Å². The van der Waals surface area contributed by atoms with E-state index in [1.165, 1.54) is 36.8 Å². The van der Waals surface area contributed by atoms with Crippen LogP contribution in [0.4, 0.5) is 4.79 Å². The highest BCUT2D eigenvalue weighted by atomic mass is 16.2. The summed E-state index contributed by atoms with van der Waals surface area (Å²) in [6.07, 6.45) is 5.15. The Hall–Kier alpha value is -1.59. The average Bonchev–Trinajstić information content (AvgIpc) is 3.59. The van der Waals surface area contributed by atoms with Crippen molar-refractivity contribution < 1.29 is 4.79 Å². The maximum absolute atomic E-state index is 12.4. The number of likely N-dealkylation sites (N-methyl/N-ethyl adjacent to an activating group) is 1. The van der Waals surface area contributed by atoms with Gasteiger partial charge in [-0.15, -0.1) is 0 Å². The van der Waals surface area contributed by atoms with Gasteiger partial charge >= 0.3 is 6.03 Å². The van der Waals surface area contributed by atoms with Crippen LogP contribution in [0.2, 0.25) is 0 Å². The van der Waals surface area contributed by atoms with Crippen LogP contribution in [0, 0.1) is 11.8 Å². The zero-order valence-electron chi connectivity index (χ0n) is 16.6. The molecule has 0 bridgehead atoms. The zero-order valence-corrected chi connectivity index (χ0v) is 16.6. The molecule has 2 aliphatic carbocycles. The molecule has 0 atom stereocenters. The molecule has 1 aromatic rings. The number of piperazine rings is 1. The molecule has 1 aliphatic heterocycles. The summed E-state index contributed by atoms with van der Waals surface area (Å²) in [5, 5.41) is 6.37. The van der Waals surface area contributed by atoms with E-state index in [4.69, 9.17) is 0 Å². The minimum atomic E-state index is 0.00478. The van der Waals surface area contributed by atoms with Gasteiger partial charge in [0.15, 0.2) is 0 Å². The van der Waals surface area contributed by atoms with E-state index >= 15 is 0 Å². The molecule has 27 heavy (non-hydrogen) atoms. The van der Waals surface area contributed by atoms with Crippen molar-refractivity contribution in [1.82, 2.24) is 20.4 Å². The third-order valence-electron chi connectivity index (χ3n) is 6.42. The van der Waals surface area contributed by atoms with Gasteiger partial charge in [0.05, 0.1) is 0 Å². The number of benzene rings is 1. The Kier molecular flexibility index (Phi) is 5.98. The van der Waals surface area contributed by atoms with Crippen molar-refractivity contribution in [3.8, 4) is 0 Å². The first-order valence-electron chi connectivity index (χ1n) is 10.8. The lowest BCUT2D eigenvalue weighted by atomic mass is 10.1. The molecular formula is C22H34N4O. The number of carbonyl (C=O) groups excluding carboxylic acids is 1. The van der Waals surface area contributed by atoms with Gasteiger partial charge in [0.1, 0.15) is 0 Å². The van der Waals surface area contributed by atoms with Crippen LogP contribution in [0.1, 0.15) is 43.7 Å². The monoisotopic (exact) mass is 370 g/mol. The molecule has 2 saturated carbocycles. The van der Waals surface area contributed by atoms with Gasteiger partial charge in [-0.2, -0.15) is 0 Å². The van der Waals surface area contributed by atoms with Crippen LogP contribution in [-0.2, 0) is 13.1 Å². The summed E-state index contributed by atoms with van der Waals surface area (Å²) < 4.78 is 0. The molecule has 0 unspecified atom stereocenters. The van der Waals surface area contributed by atoms with E-state index in [0.717, 1.165) is 51.1 Å². The van der Waals surface area contributed by atoms with Crippen LogP contribution >= 0.6 is 0 Å². The summed E-state index contributed by atoms with van der Waals surface area (Å²) in [7, 11) is 0. The number of carbonyl (C=O) groups is 1. The van der Waals surface area contributed by atoms with E-state index in [2.05, 4.69) is 51.6 Å². The fraction of sp³-hybridized carbons (Fsp3) is 0.682. The second-order valence-corrected chi connectivity index (χ2v) is 8.51.